The maximum Gasteiger partial charge on any atom is 0.430 e. The number of rotatable bonds is 5. The molecular weight excluding hydrogens is 547 g/mol. The van der Waals surface area contributed by atoms with Gasteiger partial charge in [0.1, 0.15) is 21.9 Å². The summed E-state index contributed by atoms with van der Waals surface area (Å²) in [4.78, 5) is 29.7. The van der Waals surface area contributed by atoms with E-state index in [-0.39, 0.29) is 22.6 Å². The van der Waals surface area contributed by atoms with Crippen LogP contribution in [-0.4, -0.2) is 60.8 Å². The molecule has 0 spiro atoms. The monoisotopic (exact) mass is 576 g/mol. The van der Waals surface area contributed by atoms with Crippen LogP contribution in [-0.2, 0) is 19.5 Å². The number of carbonyl (C=O) groups excluding carboxylic acids is 2. The van der Waals surface area contributed by atoms with Gasteiger partial charge in [-0.2, -0.15) is 0 Å². The predicted octanol–water partition coefficient (Wildman–Crippen LogP) is 5.49. The lowest BCUT2D eigenvalue weighted by Gasteiger charge is -2.26. The minimum atomic E-state index is -4.78. The van der Waals surface area contributed by atoms with Crippen molar-refractivity contribution < 1.29 is 31.9 Å². The second-order valence-corrected chi connectivity index (χ2v) is 13.3. The van der Waals surface area contributed by atoms with Crippen molar-refractivity contribution in [3.63, 3.8) is 0 Å². The van der Waals surface area contributed by atoms with E-state index in [9.17, 15) is 18.0 Å². The summed E-state index contributed by atoms with van der Waals surface area (Å²) in [5.41, 5.74) is -0.172. The van der Waals surface area contributed by atoms with Gasteiger partial charge < -0.3 is 19.7 Å². The Hall–Kier alpha value is -2.64. The van der Waals surface area contributed by atoms with Gasteiger partial charge in [0.15, 0.2) is 5.82 Å². The van der Waals surface area contributed by atoms with Gasteiger partial charge in [-0.15, -0.1) is 15.6 Å². The highest BCUT2D eigenvalue weighted by Gasteiger charge is 2.38. The van der Waals surface area contributed by atoms with Crippen LogP contribution in [0.25, 0.3) is 0 Å². The van der Waals surface area contributed by atoms with Crippen LogP contribution < -0.4 is 9.62 Å². The predicted molar refractivity (Wildman–Crippen MR) is 139 cm³/mol. The fourth-order valence-electron chi connectivity index (χ4n) is 3.45. The van der Waals surface area contributed by atoms with Gasteiger partial charge in [0.05, 0.1) is 16.2 Å². The van der Waals surface area contributed by atoms with E-state index in [4.69, 9.17) is 21.1 Å². The van der Waals surface area contributed by atoms with Gasteiger partial charge in [-0.3, -0.25) is 0 Å². The third kappa shape index (κ3) is 7.23. The number of anilines is 2. The first-order valence-corrected chi connectivity index (χ1v) is 14.1. The molecule has 1 aromatic carbocycles. The zero-order chi connectivity index (χ0) is 27.8. The number of sulfonamides is 1. The maximum atomic E-state index is 15.2. The van der Waals surface area contributed by atoms with Crippen molar-refractivity contribution in [2.45, 2.75) is 70.1 Å². The van der Waals surface area contributed by atoms with Gasteiger partial charge in [0, 0.05) is 24.5 Å². The fraction of sp³-hybridized carbons (Fsp3) is 0.522. The molecule has 1 aliphatic heterocycles. The Morgan fingerprint density at radius 3 is 2.41 bits per heavy atom. The minimum absolute atomic E-state index is 0.0851. The molecule has 204 valence electrons. The van der Waals surface area contributed by atoms with E-state index in [0.717, 1.165) is 23.5 Å². The van der Waals surface area contributed by atoms with Crippen molar-refractivity contribution in [1.82, 2.24) is 9.88 Å². The van der Waals surface area contributed by atoms with E-state index in [1.54, 1.807) is 41.5 Å². The van der Waals surface area contributed by atoms with Crippen molar-refractivity contribution in [3.8, 4) is 0 Å². The van der Waals surface area contributed by atoms with Gasteiger partial charge >= 0.3 is 12.2 Å². The average molecular weight is 577 g/mol. The largest absolute Gasteiger partial charge is 0.444 e. The molecular formula is C23H30ClFN4O6S2. The van der Waals surface area contributed by atoms with Crippen molar-refractivity contribution >= 4 is 56.7 Å². The van der Waals surface area contributed by atoms with E-state index < -0.39 is 44.1 Å². The number of amides is 2. The second kappa shape index (κ2) is 10.6. The molecule has 0 saturated carbocycles. The first-order valence-electron chi connectivity index (χ1n) is 11.4. The third-order valence-corrected chi connectivity index (χ3v) is 7.50. The molecule has 0 radical (unpaired) electrons. The van der Waals surface area contributed by atoms with Gasteiger partial charge in [-0.1, -0.05) is 11.6 Å². The van der Waals surface area contributed by atoms with Crippen molar-refractivity contribution in [2.24, 2.45) is 0 Å². The summed E-state index contributed by atoms with van der Waals surface area (Å²) in [6, 6.07) is 1.61. The van der Waals surface area contributed by atoms with Crippen LogP contribution in [0.5, 0.6) is 0 Å². The summed E-state index contributed by atoms with van der Waals surface area (Å²) in [7, 11) is -4.78. The standard InChI is InChI=1S/C23H30ClFN4O6S2/c1-22(2,3)34-20(30)28-8-7-14(11-28)27-17-10-16(25)18(9-15(17)24)37(32,33)29(19-12-36-13-26-19)21(31)35-23(4,5)6/h9-10,12-14,27H,7-8,11H2,1-6H3/t14-/m1/s1. The molecule has 0 bridgehead atoms. The van der Waals surface area contributed by atoms with Gasteiger partial charge in [0.25, 0.3) is 10.0 Å². The van der Waals surface area contributed by atoms with E-state index >= 15 is 4.39 Å². The van der Waals surface area contributed by atoms with Crippen molar-refractivity contribution in [3.05, 3.63) is 33.9 Å². The van der Waals surface area contributed by atoms with Crippen LogP contribution in [0.3, 0.4) is 0 Å². The Bertz CT molecular complexity index is 1260. The topological polar surface area (TPSA) is 118 Å². The number of ether oxygens (including phenoxy) is 2. The third-order valence-electron chi connectivity index (χ3n) is 4.93. The molecule has 2 amide bonds. The molecule has 14 heteroatoms. The Labute approximate surface area is 224 Å². The molecule has 0 aliphatic carbocycles. The second-order valence-electron chi connectivity index (χ2n) is 10.4. The zero-order valence-corrected chi connectivity index (χ0v) is 23.8. The number of hydrogen-bond donors (Lipinski definition) is 1. The lowest BCUT2D eigenvalue weighted by atomic mass is 10.2. The number of thiazole rings is 1. The van der Waals surface area contributed by atoms with Gasteiger partial charge in [-0.05, 0) is 60.1 Å². The van der Waals surface area contributed by atoms with Crippen LogP contribution >= 0.6 is 22.9 Å². The average Bonchev–Trinajstić information content (AvgIpc) is 3.40. The van der Waals surface area contributed by atoms with Crippen LogP contribution in [0.2, 0.25) is 5.02 Å². The summed E-state index contributed by atoms with van der Waals surface area (Å²) < 4.78 is 53.0. The van der Waals surface area contributed by atoms with E-state index in [1.165, 1.54) is 15.8 Å². The summed E-state index contributed by atoms with van der Waals surface area (Å²) in [6.45, 7) is 10.7. The summed E-state index contributed by atoms with van der Waals surface area (Å²) in [5, 5.41) is 4.30. The van der Waals surface area contributed by atoms with Crippen molar-refractivity contribution in [2.75, 3.05) is 22.7 Å². The molecule has 2 aromatic rings. The van der Waals surface area contributed by atoms with Crippen molar-refractivity contribution in [1.29, 1.82) is 0 Å². The fourth-order valence-corrected chi connectivity index (χ4v) is 5.67. The van der Waals surface area contributed by atoms with E-state index in [1.807, 2.05) is 0 Å². The highest BCUT2D eigenvalue weighted by atomic mass is 35.5. The molecule has 1 saturated heterocycles. The summed E-state index contributed by atoms with van der Waals surface area (Å²) in [6.07, 6.45) is -1.14. The lowest BCUT2D eigenvalue weighted by molar-refractivity contribution is 0.0293. The normalized spacial score (nSPS) is 16.4. The molecule has 1 N–H and O–H groups in total. The lowest BCUT2D eigenvalue weighted by Crippen LogP contribution is -2.41. The Balaban J connectivity index is 1.84. The minimum Gasteiger partial charge on any atom is -0.444 e. The molecule has 1 aliphatic rings. The molecule has 1 atom stereocenters. The zero-order valence-electron chi connectivity index (χ0n) is 21.4. The molecule has 0 unspecified atom stereocenters. The Morgan fingerprint density at radius 1 is 1.19 bits per heavy atom. The quantitative estimate of drug-likeness (QED) is 0.496. The Kier molecular flexibility index (Phi) is 8.30. The first kappa shape index (κ1) is 28.9. The number of benzene rings is 1. The van der Waals surface area contributed by atoms with Gasteiger partial charge in [-0.25, -0.2) is 27.4 Å². The van der Waals surface area contributed by atoms with Crippen LogP contribution in [0, 0.1) is 5.82 Å². The molecule has 1 fully saturated rings. The Morgan fingerprint density at radius 2 is 1.84 bits per heavy atom. The number of nitrogens with one attached hydrogen (secondary N) is 1. The number of likely N-dealkylation sites (tertiary alicyclic amines) is 1. The maximum absolute atomic E-state index is 15.2. The SMILES string of the molecule is CC(C)(C)OC(=O)N1CC[C@@H](Nc2cc(F)c(S(=O)(=O)N(C(=O)OC(C)(C)C)c3cscn3)cc2Cl)C1. The number of aromatic nitrogens is 1. The van der Waals surface area contributed by atoms with Crippen LogP contribution in [0.4, 0.5) is 25.5 Å². The molecule has 3 rings (SSSR count). The number of hydrogen-bond acceptors (Lipinski definition) is 9. The number of carbonyl (C=O) groups is 2. The van der Waals surface area contributed by atoms with E-state index in [0.29, 0.717) is 23.8 Å². The van der Waals surface area contributed by atoms with Gasteiger partial charge in [0.2, 0.25) is 0 Å². The molecule has 2 heterocycles. The number of halogens is 2. The van der Waals surface area contributed by atoms with E-state index in [2.05, 4.69) is 10.3 Å². The highest BCUT2D eigenvalue weighted by Crippen LogP contribution is 2.33. The molecule has 10 nitrogen and oxygen atoms in total. The smallest absolute Gasteiger partial charge is 0.430 e. The highest BCUT2D eigenvalue weighted by molar-refractivity contribution is 7.93. The summed E-state index contributed by atoms with van der Waals surface area (Å²) in [5.74, 6) is -1.36. The first-order chi connectivity index (χ1) is 17.0. The molecule has 37 heavy (non-hydrogen) atoms. The number of nitrogens with zero attached hydrogens (tertiary/aromatic N) is 3. The molecule has 1 aromatic heterocycles. The summed E-state index contributed by atoms with van der Waals surface area (Å²) >= 11 is 7.40. The van der Waals surface area contributed by atoms with Crippen LogP contribution in [0.1, 0.15) is 48.0 Å². The van der Waals surface area contributed by atoms with Crippen LogP contribution in [0.15, 0.2) is 27.9 Å².